The van der Waals surface area contributed by atoms with Gasteiger partial charge >= 0.3 is 0 Å². The Bertz CT molecular complexity index is 301. The first-order valence-corrected chi connectivity index (χ1v) is 3.84. The number of hydrogen-bond acceptors (Lipinski definition) is 1. The molecular formula is C7H5BrF3N. The molecular weight excluding hydrogens is 235 g/mol. The SMILES string of the molecule is Nc1c(Br)cc(F)cc1C(F)F. The maximum atomic E-state index is 12.5. The number of benzene rings is 1. The van der Waals surface area contributed by atoms with Crippen molar-refractivity contribution in [2.75, 3.05) is 5.73 Å². The first-order chi connectivity index (χ1) is 5.52. The van der Waals surface area contributed by atoms with Crippen LogP contribution >= 0.6 is 15.9 Å². The van der Waals surface area contributed by atoms with Gasteiger partial charge in [0, 0.05) is 10.0 Å². The Morgan fingerprint density at radius 2 is 1.92 bits per heavy atom. The zero-order valence-corrected chi connectivity index (χ0v) is 7.41. The molecule has 1 nitrogen and oxygen atoms in total. The van der Waals surface area contributed by atoms with Gasteiger partial charge in [0.05, 0.1) is 5.69 Å². The Labute approximate surface area is 75.5 Å². The average molecular weight is 240 g/mol. The second-order valence-corrected chi connectivity index (χ2v) is 3.05. The Morgan fingerprint density at radius 3 is 2.42 bits per heavy atom. The molecule has 66 valence electrons. The van der Waals surface area contributed by atoms with Gasteiger partial charge in [-0.25, -0.2) is 13.2 Å². The van der Waals surface area contributed by atoms with E-state index < -0.39 is 17.8 Å². The number of nitrogen functional groups attached to an aromatic ring is 1. The molecule has 12 heavy (non-hydrogen) atoms. The van der Waals surface area contributed by atoms with E-state index >= 15 is 0 Å². The predicted molar refractivity (Wildman–Crippen MR) is 43.5 cm³/mol. The van der Waals surface area contributed by atoms with Gasteiger partial charge in [-0.05, 0) is 28.1 Å². The second kappa shape index (κ2) is 3.35. The lowest BCUT2D eigenvalue weighted by Gasteiger charge is -2.05. The lowest BCUT2D eigenvalue weighted by Crippen LogP contribution is -1.97. The van der Waals surface area contributed by atoms with Gasteiger partial charge in [-0.3, -0.25) is 0 Å². The highest BCUT2D eigenvalue weighted by Crippen LogP contribution is 2.31. The van der Waals surface area contributed by atoms with Crippen molar-refractivity contribution in [1.29, 1.82) is 0 Å². The minimum atomic E-state index is -2.75. The number of rotatable bonds is 1. The molecule has 1 rings (SSSR count). The molecule has 0 aromatic heterocycles. The lowest BCUT2D eigenvalue weighted by molar-refractivity contribution is 0.151. The lowest BCUT2D eigenvalue weighted by atomic mass is 10.2. The Hall–Kier alpha value is -0.710. The standard InChI is InChI=1S/C7H5BrF3N/c8-5-2-3(9)1-4(6(5)12)7(10)11/h1-2,7H,12H2. The van der Waals surface area contributed by atoms with Crippen LogP contribution in [0.5, 0.6) is 0 Å². The Balaban J connectivity index is 3.28. The van der Waals surface area contributed by atoms with Crippen LogP contribution in [0.1, 0.15) is 12.0 Å². The van der Waals surface area contributed by atoms with Crippen LogP contribution in [0, 0.1) is 5.82 Å². The van der Waals surface area contributed by atoms with Crippen LogP contribution in [0.25, 0.3) is 0 Å². The van der Waals surface area contributed by atoms with Crippen molar-refractivity contribution in [2.24, 2.45) is 0 Å². The first kappa shape index (κ1) is 9.38. The van der Waals surface area contributed by atoms with Gasteiger partial charge in [-0.15, -0.1) is 0 Å². The zero-order valence-electron chi connectivity index (χ0n) is 5.82. The molecule has 0 heterocycles. The van der Waals surface area contributed by atoms with Crippen LogP contribution in [-0.4, -0.2) is 0 Å². The zero-order chi connectivity index (χ0) is 9.30. The second-order valence-electron chi connectivity index (χ2n) is 2.19. The third-order valence-corrected chi connectivity index (χ3v) is 2.02. The van der Waals surface area contributed by atoms with Gasteiger partial charge in [0.2, 0.25) is 0 Å². The number of hydrogen-bond donors (Lipinski definition) is 1. The van der Waals surface area contributed by atoms with Crippen LogP contribution in [0.3, 0.4) is 0 Å². The fourth-order valence-corrected chi connectivity index (χ4v) is 1.23. The smallest absolute Gasteiger partial charge is 0.265 e. The maximum Gasteiger partial charge on any atom is 0.265 e. The third-order valence-electron chi connectivity index (χ3n) is 1.36. The fraction of sp³-hybridized carbons (Fsp3) is 0.143. The van der Waals surface area contributed by atoms with Crippen molar-refractivity contribution in [2.45, 2.75) is 6.43 Å². The van der Waals surface area contributed by atoms with E-state index in [2.05, 4.69) is 15.9 Å². The minimum Gasteiger partial charge on any atom is -0.397 e. The first-order valence-electron chi connectivity index (χ1n) is 3.05. The van der Waals surface area contributed by atoms with E-state index in [1.807, 2.05) is 0 Å². The number of halogens is 4. The van der Waals surface area contributed by atoms with Gasteiger partial charge in [0.1, 0.15) is 5.82 Å². The summed E-state index contributed by atoms with van der Waals surface area (Å²) in [7, 11) is 0. The summed E-state index contributed by atoms with van der Waals surface area (Å²) >= 11 is 2.87. The highest BCUT2D eigenvalue weighted by atomic mass is 79.9. The molecule has 0 aliphatic carbocycles. The van der Waals surface area contributed by atoms with Crippen LogP contribution < -0.4 is 5.73 Å². The van der Waals surface area contributed by atoms with Gasteiger partial charge in [-0.1, -0.05) is 0 Å². The van der Waals surface area contributed by atoms with E-state index in [1.165, 1.54) is 0 Å². The van der Waals surface area contributed by atoms with Crippen molar-refractivity contribution >= 4 is 21.6 Å². The molecule has 0 spiro atoms. The monoisotopic (exact) mass is 239 g/mol. The van der Waals surface area contributed by atoms with Crippen molar-refractivity contribution in [3.8, 4) is 0 Å². The Kier molecular flexibility index (Phi) is 2.62. The molecule has 0 radical (unpaired) electrons. The van der Waals surface area contributed by atoms with E-state index in [-0.39, 0.29) is 10.2 Å². The van der Waals surface area contributed by atoms with E-state index in [9.17, 15) is 13.2 Å². The summed E-state index contributed by atoms with van der Waals surface area (Å²) in [6.45, 7) is 0. The quantitative estimate of drug-likeness (QED) is 0.750. The van der Waals surface area contributed by atoms with E-state index in [4.69, 9.17) is 5.73 Å². The fourth-order valence-electron chi connectivity index (χ4n) is 0.785. The van der Waals surface area contributed by atoms with E-state index in [1.54, 1.807) is 0 Å². The van der Waals surface area contributed by atoms with E-state index in [0.29, 0.717) is 0 Å². The topological polar surface area (TPSA) is 26.0 Å². The third kappa shape index (κ3) is 1.72. The summed E-state index contributed by atoms with van der Waals surface area (Å²) in [5.41, 5.74) is 4.66. The molecule has 0 saturated heterocycles. The number of alkyl halides is 2. The molecule has 2 N–H and O–H groups in total. The molecule has 5 heteroatoms. The van der Waals surface area contributed by atoms with Gasteiger partial charge < -0.3 is 5.73 Å². The molecule has 0 amide bonds. The highest BCUT2D eigenvalue weighted by molar-refractivity contribution is 9.10. The average Bonchev–Trinajstić information content (AvgIpc) is 1.96. The molecule has 0 saturated carbocycles. The van der Waals surface area contributed by atoms with Gasteiger partial charge in [0.15, 0.2) is 0 Å². The van der Waals surface area contributed by atoms with Crippen molar-refractivity contribution in [3.63, 3.8) is 0 Å². The predicted octanol–water partition coefficient (Wildman–Crippen LogP) is 3.11. The highest BCUT2D eigenvalue weighted by Gasteiger charge is 2.14. The molecule has 0 fully saturated rings. The van der Waals surface area contributed by atoms with Gasteiger partial charge in [0.25, 0.3) is 6.43 Å². The normalized spacial score (nSPS) is 10.8. The summed E-state index contributed by atoms with van der Waals surface area (Å²) in [5, 5.41) is 0. The summed E-state index contributed by atoms with van der Waals surface area (Å²) in [5.74, 6) is -0.730. The molecule has 0 bridgehead atoms. The molecule has 1 aromatic carbocycles. The molecule has 1 aromatic rings. The van der Waals surface area contributed by atoms with Gasteiger partial charge in [-0.2, -0.15) is 0 Å². The molecule has 0 aliphatic rings. The van der Waals surface area contributed by atoms with Crippen LogP contribution in [-0.2, 0) is 0 Å². The molecule has 0 unspecified atom stereocenters. The van der Waals surface area contributed by atoms with E-state index in [0.717, 1.165) is 12.1 Å². The largest absolute Gasteiger partial charge is 0.397 e. The number of anilines is 1. The summed E-state index contributed by atoms with van der Waals surface area (Å²) in [6, 6.07) is 1.77. The van der Waals surface area contributed by atoms with Crippen molar-refractivity contribution in [1.82, 2.24) is 0 Å². The summed E-state index contributed by atoms with van der Waals surface area (Å²) < 4.78 is 36.9. The molecule has 0 atom stereocenters. The van der Waals surface area contributed by atoms with Crippen molar-refractivity contribution < 1.29 is 13.2 Å². The summed E-state index contributed by atoms with van der Waals surface area (Å²) in [6.07, 6.45) is -2.75. The van der Waals surface area contributed by atoms with Crippen LogP contribution in [0.15, 0.2) is 16.6 Å². The Morgan fingerprint density at radius 1 is 1.33 bits per heavy atom. The number of nitrogens with two attached hydrogens (primary N) is 1. The van der Waals surface area contributed by atoms with Crippen molar-refractivity contribution in [3.05, 3.63) is 28.0 Å². The van der Waals surface area contributed by atoms with Crippen LogP contribution in [0.4, 0.5) is 18.9 Å². The summed E-state index contributed by atoms with van der Waals surface area (Å²) in [4.78, 5) is 0. The minimum absolute atomic E-state index is 0.119. The van der Waals surface area contributed by atoms with Crippen LogP contribution in [0.2, 0.25) is 0 Å². The maximum absolute atomic E-state index is 12.5. The molecule has 0 aliphatic heterocycles.